The summed E-state index contributed by atoms with van der Waals surface area (Å²) in [4.78, 5) is 24.0. The van der Waals surface area contributed by atoms with Gasteiger partial charge in [-0.25, -0.2) is 0 Å². The first-order valence-electron chi connectivity index (χ1n) is 10.1. The first kappa shape index (κ1) is 19.0. The van der Waals surface area contributed by atoms with E-state index in [4.69, 9.17) is 0 Å². The van der Waals surface area contributed by atoms with Gasteiger partial charge in [0.2, 0.25) is 5.91 Å². The number of hydrogen-bond acceptors (Lipinski definition) is 3. The quantitative estimate of drug-likeness (QED) is 0.516. The molecule has 3 aromatic carbocycles. The van der Waals surface area contributed by atoms with Crippen molar-refractivity contribution in [3.05, 3.63) is 77.9 Å². The molecule has 0 bridgehead atoms. The molecular weight excluding hydrogens is 362 g/mol. The van der Waals surface area contributed by atoms with Gasteiger partial charge >= 0.3 is 0 Å². The van der Waals surface area contributed by atoms with Gasteiger partial charge in [0.1, 0.15) is 0 Å². The van der Waals surface area contributed by atoms with Crippen LogP contribution in [0.1, 0.15) is 28.8 Å². The highest BCUT2D eigenvalue weighted by molar-refractivity contribution is 5.95. The Bertz CT molecular complexity index is 1000. The molecule has 1 saturated carbocycles. The largest absolute Gasteiger partial charge is 0.383 e. The van der Waals surface area contributed by atoms with Crippen molar-refractivity contribution in [3.8, 4) is 0 Å². The van der Waals surface area contributed by atoms with Crippen molar-refractivity contribution >= 4 is 28.3 Å². The molecule has 0 saturated heterocycles. The molecule has 1 fully saturated rings. The van der Waals surface area contributed by atoms with Gasteiger partial charge in [0.15, 0.2) is 0 Å². The Morgan fingerprint density at radius 2 is 1.59 bits per heavy atom. The second-order valence-corrected chi connectivity index (χ2v) is 7.40. The Morgan fingerprint density at radius 1 is 0.828 bits per heavy atom. The van der Waals surface area contributed by atoms with E-state index in [1.54, 1.807) is 12.1 Å². The van der Waals surface area contributed by atoms with Crippen molar-refractivity contribution in [3.63, 3.8) is 0 Å². The predicted octanol–water partition coefficient (Wildman–Crippen LogP) is 3.71. The summed E-state index contributed by atoms with van der Waals surface area (Å²) in [6.45, 7) is 1.68. The van der Waals surface area contributed by atoms with Crippen LogP contribution >= 0.6 is 0 Å². The fourth-order valence-corrected chi connectivity index (χ4v) is 3.31. The van der Waals surface area contributed by atoms with Gasteiger partial charge in [-0.15, -0.1) is 0 Å². The number of benzene rings is 3. The molecule has 148 valence electrons. The van der Waals surface area contributed by atoms with E-state index in [2.05, 4.69) is 34.1 Å². The molecule has 3 aromatic rings. The van der Waals surface area contributed by atoms with Crippen LogP contribution in [-0.4, -0.2) is 24.9 Å². The van der Waals surface area contributed by atoms with Crippen molar-refractivity contribution < 1.29 is 9.59 Å². The lowest BCUT2D eigenvalue weighted by molar-refractivity contribution is -0.122. The van der Waals surface area contributed by atoms with Crippen molar-refractivity contribution in [2.45, 2.75) is 19.4 Å². The highest BCUT2D eigenvalue weighted by atomic mass is 16.2. The summed E-state index contributed by atoms with van der Waals surface area (Å²) in [5, 5.41) is 11.6. The maximum absolute atomic E-state index is 12.3. The Hall–Kier alpha value is -3.34. The number of carbonyl (C=O) groups is 2. The third-order valence-electron chi connectivity index (χ3n) is 5.15. The van der Waals surface area contributed by atoms with Crippen LogP contribution in [0.4, 0.5) is 5.69 Å². The van der Waals surface area contributed by atoms with Gasteiger partial charge < -0.3 is 16.0 Å². The van der Waals surface area contributed by atoms with Crippen LogP contribution in [0.25, 0.3) is 10.8 Å². The molecule has 2 amide bonds. The number of anilines is 1. The summed E-state index contributed by atoms with van der Waals surface area (Å²) in [7, 11) is 0. The number of nitrogens with one attached hydrogen (secondary N) is 3. The normalized spacial score (nSPS) is 13.1. The van der Waals surface area contributed by atoms with Crippen molar-refractivity contribution in [2.24, 2.45) is 5.92 Å². The van der Waals surface area contributed by atoms with E-state index in [1.807, 2.05) is 36.4 Å². The van der Waals surface area contributed by atoms with Crippen LogP contribution in [-0.2, 0) is 11.3 Å². The lowest BCUT2D eigenvalue weighted by atomic mass is 10.1. The van der Waals surface area contributed by atoms with Gasteiger partial charge in [0, 0.05) is 42.2 Å². The summed E-state index contributed by atoms with van der Waals surface area (Å²) in [6.07, 6.45) is 2.00. The lowest BCUT2D eigenvalue weighted by Crippen LogP contribution is -2.28. The molecule has 0 heterocycles. The zero-order chi connectivity index (χ0) is 20.1. The first-order valence-corrected chi connectivity index (χ1v) is 10.1. The number of hydrogen-bond donors (Lipinski definition) is 3. The van der Waals surface area contributed by atoms with Gasteiger partial charge in [0.05, 0.1) is 0 Å². The maximum Gasteiger partial charge on any atom is 0.251 e. The fourth-order valence-electron chi connectivity index (χ4n) is 3.31. The Balaban J connectivity index is 1.23. The van der Waals surface area contributed by atoms with Gasteiger partial charge in [-0.2, -0.15) is 0 Å². The van der Waals surface area contributed by atoms with E-state index in [-0.39, 0.29) is 17.7 Å². The van der Waals surface area contributed by atoms with Crippen LogP contribution in [0.3, 0.4) is 0 Å². The smallest absolute Gasteiger partial charge is 0.251 e. The second-order valence-electron chi connectivity index (χ2n) is 7.40. The van der Waals surface area contributed by atoms with E-state index in [0.29, 0.717) is 25.2 Å². The molecule has 4 rings (SSSR count). The minimum atomic E-state index is -0.0988. The van der Waals surface area contributed by atoms with Gasteiger partial charge in [-0.05, 0) is 42.0 Å². The summed E-state index contributed by atoms with van der Waals surface area (Å²) in [5.41, 5.74) is 2.68. The average molecular weight is 387 g/mol. The molecule has 0 unspecified atom stereocenters. The third kappa shape index (κ3) is 4.93. The van der Waals surface area contributed by atoms with Crippen LogP contribution in [0.5, 0.6) is 0 Å². The predicted molar refractivity (Wildman–Crippen MR) is 116 cm³/mol. The van der Waals surface area contributed by atoms with E-state index in [1.165, 1.54) is 10.8 Å². The lowest BCUT2D eigenvalue weighted by Gasteiger charge is -2.11. The second kappa shape index (κ2) is 8.78. The minimum Gasteiger partial charge on any atom is -0.383 e. The van der Waals surface area contributed by atoms with Gasteiger partial charge in [-0.1, -0.05) is 48.5 Å². The van der Waals surface area contributed by atoms with E-state index in [0.717, 1.165) is 24.1 Å². The first-order chi connectivity index (χ1) is 14.2. The topological polar surface area (TPSA) is 70.2 Å². The standard InChI is InChI=1S/C24H25N3O2/c28-23(19-10-8-17(9-11-19)16-27-24(29)20-12-13-20)26-15-14-25-22-7-3-5-18-4-1-2-6-21(18)22/h1-11,20,25H,12-16H2,(H,26,28)(H,27,29). The Labute approximate surface area is 170 Å². The van der Waals surface area contributed by atoms with Crippen LogP contribution in [0.2, 0.25) is 0 Å². The molecule has 0 aromatic heterocycles. The molecule has 1 aliphatic rings. The molecule has 0 radical (unpaired) electrons. The highest BCUT2D eigenvalue weighted by Gasteiger charge is 2.29. The summed E-state index contributed by atoms with van der Waals surface area (Å²) >= 11 is 0. The fraction of sp³-hybridized carbons (Fsp3) is 0.250. The number of amides is 2. The van der Waals surface area contributed by atoms with Gasteiger partial charge in [0.25, 0.3) is 5.91 Å². The molecule has 29 heavy (non-hydrogen) atoms. The molecule has 1 aliphatic carbocycles. The van der Waals surface area contributed by atoms with Crippen LogP contribution in [0.15, 0.2) is 66.7 Å². The van der Waals surface area contributed by atoms with Crippen molar-refractivity contribution in [1.29, 1.82) is 0 Å². The molecule has 0 atom stereocenters. The Morgan fingerprint density at radius 3 is 2.38 bits per heavy atom. The van der Waals surface area contributed by atoms with Crippen molar-refractivity contribution in [1.82, 2.24) is 10.6 Å². The minimum absolute atomic E-state index is 0.0988. The summed E-state index contributed by atoms with van der Waals surface area (Å²) < 4.78 is 0. The monoisotopic (exact) mass is 387 g/mol. The van der Waals surface area contributed by atoms with Crippen molar-refractivity contribution in [2.75, 3.05) is 18.4 Å². The zero-order valence-electron chi connectivity index (χ0n) is 16.3. The van der Waals surface area contributed by atoms with Gasteiger partial charge in [-0.3, -0.25) is 9.59 Å². The zero-order valence-corrected chi connectivity index (χ0v) is 16.3. The maximum atomic E-state index is 12.3. The number of fused-ring (bicyclic) bond motifs is 1. The number of rotatable bonds is 8. The molecule has 5 heteroatoms. The third-order valence-corrected chi connectivity index (χ3v) is 5.15. The van der Waals surface area contributed by atoms with E-state index >= 15 is 0 Å². The average Bonchev–Trinajstić information content (AvgIpc) is 3.61. The molecule has 3 N–H and O–H groups in total. The Kier molecular flexibility index (Phi) is 5.75. The van der Waals surface area contributed by atoms with Crippen LogP contribution < -0.4 is 16.0 Å². The summed E-state index contributed by atoms with van der Waals surface area (Å²) in [5.74, 6) is 0.242. The molecule has 5 nitrogen and oxygen atoms in total. The highest BCUT2D eigenvalue weighted by Crippen LogP contribution is 2.28. The van der Waals surface area contributed by atoms with E-state index in [9.17, 15) is 9.59 Å². The summed E-state index contributed by atoms with van der Waals surface area (Å²) in [6, 6.07) is 21.8. The molecule has 0 spiro atoms. The van der Waals surface area contributed by atoms with E-state index < -0.39 is 0 Å². The number of carbonyl (C=O) groups excluding carboxylic acids is 2. The molecular formula is C24H25N3O2. The van der Waals surface area contributed by atoms with Crippen LogP contribution in [0, 0.1) is 5.92 Å². The molecule has 0 aliphatic heterocycles. The SMILES string of the molecule is O=C(NCCNc1cccc2ccccc12)c1ccc(CNC(=O)C2CC2)cc1.